The molecule has 152 valence electrons. The summed E-state index contributed by atoms with van der Waals surface area (Å²) in [6, 6.07) is 13.7. The highest BCUT2D eigenvalue weighted by Crippen LogP contribution is 2.21. The number of nitrogens with one attached hydrogen (secondary N) is 1. The van der Waals surface area contributed by atoms with E-state index in [9.17, 15) is 19.4 Å². The average molecular weight is 398 g/mol. The lowest BCUT2D eigenvalue weighted by Crippen LogP contribution is -2.53. The fraction of sp³-hybridized carbons (Fsp3) is 0.286. The third kappa shape index (κ3) is 5.04. The number of carbonyl (C=O) groups excluding carboxylic acids is 1. The molecule has 0 spiro atoms. The molecule has 0 saturated carbocycles. The molecule has 0 fully saturated rings. The number of hydrogen-bond donors (Lipinski definition) is 3. The van der Waals surface area contributed by atoms with E-state index in [2.05, 4.69) is 15.6 Å². The zero-order chi connectivity index (χ0) is 20.9. The van der Waals surface area contributed by atoms with Gasteiger partial charge in [-0.15, -0.1) is 5.10 Å². The fourth-order valence-electron chi connectivity index (χ4n) is 3.06. The molecule has 0 unspecified atom stereocenters. The lowest BCUT2D eigenvalue weighted by Gasteiger charge is -2.30. The maximum absolute atomic E-state index is 13.1. The molecular formula is C21H23FN4O3. The molecule has 0 atom stereocenters. The molecule has 1 aromatic heterocycles. The Balaban J connectivity index is 1.69. The average Bonchev–Trinajstić information content (AvgIpc) is 3.22. The van der Waals surface area contributed by atoms with E-state index in [4.69, 9.17) is 0 Å². The van der Waals surface area contributed by atoms with Crippen molar-refractivity contribution in [2.45, 2.75) is 25.3 Å². The van der Waals surface area contributed by atoms with E-state index in [1.165, 1.54) is 19.1 Å². The number of halogens is 1. The molecule has 3 aromatic rings. The number of rotatable bonds is 8. The van der Waals surface area contributed by atoms with Gasteiger partial charge in [-0.1, -0.05) is 29.5 Å². The highest BCUT2D eigenvalue weighted by Gasteiger charge is 2.29. The summed E-state index contributed by atoms with van der Waals surface area (Å²) < 4.78 is 14.6. The van der Waals surface area contributed by atoms with Crippen LogP contribution >= 0.6 is 0 Å². The summed E-state index contributed by atoms with van der Waals surface area (Å²) in [5.41, 5.74) is 2.22. The molecule has 0 aliphatic heterocycles. The molecule has 8 heteroatoms. The molecule has 7 nitrogen and oxygen atoms in total. The van der Waals surface area contributed by atoms with Crippen molar-refractivity contribution in [2.75, 3.05) is 13.2 Å². The van der Waals surface area contributed by atoms with Crippen LogP contribution in [-0.2, 0) is 11.2 Å². The Morgan fingerprint density at radius 2 is 1.76 bits per heavy atom. The monoisotopic (exact) mass is 398 g/mol. The molecule has 2 aromatic carbocycles. The second-order valence-electron chi connectivity index (χ2n) is 7.00. The third-order valence-electron chi connectivity index (χ3n) is 4.77. The van der Waals surface area contributed by atoms with Gasteiger partial charge in [0.15, 0.2) is 0 Å². The molecule has 3 N–H and O–H groups in total. The Kier molecular flexibility index (Phi) is 6.36. The van der Waals surface area contributed by atoms with Gasteiger partial charge in [0.25, 0.3) is 0 Å². The van der Waals surface area contributed by atoms with Gasteiger partial charge in [0.2, 0.25) is 5.91 Å². The van der Waals surface area contributed by atoms with Gasteiger partial charge in [0.05, 0.1) is 30.6 Å². The minimum absolute atomic E-state index is 0.298. The van der Waals surface area contributed by atoms with Gasteiger partial charge in [0, 0.05) is 12.5 Å². The highest BCUT2D eigenvalue weighted by molar-refractivity contribution is 5.73. The number of carbonyl (C=O) groups is 1. The van der Waals surface area contributed by atoms with Gasteiger partial charge in [-0.05, 0) is 42.7 Å². The van der Waals surface area contributed by atoms with Crippen molar-refractivity contribution in [1.82, 2.24) is 20.3 Å². The minimum Gasteiger partial charge on any atom is -0.394 e. The SMILES string of the molecule is CC(=O)NC(CO)(CO)CCc1ccc(-c2cn(-c3ccc(F)cc3)nn2)cc1. The third-order valence-corrected chi connectivity index (χ3v) is 4.77. The first kappa shape index (κ1) is 20.6. The highest BCUT2D eigenvalue weighted by atomic mass is 19.1. The van der Waals surface area contributed by atoms with Crippen LogP contribution in [0.3, 0.4) is 0 Å². The number of aryl methyl sites for hydroxylation is 1. The Bertz CT molecular complexity index is 951. The first-order valence-electron chi connectivity index (χ1n) is 9.23. The molecule has 3 rings (SSSR count). The van der Waals surface area contributed by atoms with Crippen molar-refractivity contribution in [1.29, 1.82) is 0 Å². The first-order valence-corrected chi connectivity index (χ1v) is 9.23. The molecule has 0 aliphatic rings. The second kappa shape index (κ2) is 8.93. The Hall–Kier alpha value is -3.10. The minimum atomic E-state index is -1.04. The smallest absolute Gasteiger partial charge is 0.217 e. The lowest BCUT2D eigenvalue weighted by molar-refractivity contribution is -0.122. The van der Waals surface area contributed by atoms with Gasteiger partial charge in [-0.25, -0.2) is 9.07 Å². The molecule has 0 bridgehead atoms. The van der Waals surface area contributed by atoms with Gasteiger partial charge in [-0.3, -0.25) is 4.79 Å². The van der Waals surface area contributed by atoms with Crippen molar-refractivity contribution in [2.24, 2.45) is 0 Å². The Morgan fingerprint density at radius 3 is 2.34 bits per heavy atom. The summed E-state index contributed by atoms with van der Waals surface area (Å²) >= 11 is 0. The van der Waals surface area contributed by atoms with E-state index >= 15 is 0 Å². The maximum atomic E-state index is 13.1. The Labute approximate surface area is 167 Å². The number of aliphatic hydroxyl groups excluding tert-OH is 2. The zero-order valence-electron chi connectivity index (χ0n) is 16.0. The van der Waals surface area contributed by atoms with E-state index < -0.39 is 5.54 Å². The van der Waals surface area contributed by atoms with E-state index in [1.807, 2.05) is 24.3 Å². The molecule has 29 heavy (non-hydrogen) atoms. The number of aromatic nitrogens is 3. The summed E-state index contributed by atoms with van der Waals surface area (Å²) in [6.45, 7) is 0.676. The Morgan fingerprint density at radius 1 is 1.10 bits per heavy atom. The van der Waals surface area contributed by atoms with E-state index in [1.54, 1.807) is 23.0 Å². The summed E-state index contributed by atoms with van der Waals surface area (Å²) in [6.07, 6.45) is 2.74. The quantitative estimate of drug-likeness (QED) is 0.538. The first-order chi connectivity index (χ1) is 13.9. The van der Waals surface area contributed by atoms with Crippen LogP contribution in [0.25, 0.3) is 16.9 Å². The molecule has 1 heterocycles. The normalized spacial score (nSPS) is 11.4. The second-order valence-corrected chi connectivity index (χ2v) is 7.00. The van der Waals surface area contributed by atoms with E-state index in [-0.39, 0.29) is 24.9 Å². The summed E-state index contributed by atoms with van der Waals surface area (Å²) in [5, 5.41) is 30.1. The van der Waals surface area contributed by atoms with Crippen LogP contribution in [0.5, 0.6) is 0 Å². The fourth-order valence-corrected chi connectivity index (χ4v) is 3.06. The van der Waals surface area contributed by atoms with Crippen molar-refractivity contribution in [3.8, 4) is 16.9 Å². The molecule has 1 amide bonds. The zero-order valence-corrected chi connectivity index (χ0v) is 16.0. The number of aliphatic hydroxyl groups is 2. The van der Waals surface area contributed by atoms with Gasteiger partial charge < -0.3 is 15.5 Å². The number of nitrogens with zero attached hydrogens (tertiary/aromatic N) is 3. The molecule has 0 saturated heterocycles. The van der Waals surface area contributed by atoms with Crippen LogP contribution in [0.15, 0.2) is 54.7 Å². The predicted octanol–water partition coefficient (Wildman–Crippen LogP) is 1.87. The van der Waals surface area contributed by atoms with Crippen LogP contribution in [0, 0.1) is 5.82 Å². The van der Waals surface area contributed by atoms with Crippen molar-refractivity contribution >= 4 is 5.91 Å². The molecular weight excluding hydrogens is 375 g/mol. The van der Waals surface area contributed by atoms with Crippen LogP contribution < -0.4 is 5.32 Å². The number of benzene rings is 2. The standard InChI is InChI=1S/C21H23FN4O3/c1-15(29)23-21(13-27,14-28)11-10-16-2-4-17(5-3-16)20-12-26(25-24-20)19-8-6-18(22)7-9-19/h2-9,12,27-28H,10-11,13-14H2,1H3,(H,23,29). The van der Waals surface area contributed by atoms with Crippen molar-refractivity contribution in [3.05, 3.63) is 66.1 Å². The molecule has 0 aliphatic carbocycles. The topological polar surface area (TPSA) is 100 Å². The van der Waals surface area contributed by atoms with Crippen molar-refractivity contribution in [3.63, 3.8) is 0 Å². The van der Waals surface area contributed by atoms with E-state index in [0.717, 1.165) is 11.1 Å². The van der Waals surface area contributed by atoms with Crippen LogP contribution in [-0.4, -0.2) is 49.9 Å². The van der Waals surface area contributed by atoms with Gasteiger partial charge >= 0.3 is 0 Å². The summed E-state index contributed by atoms with van der Waals surface area (Å²) in [7, 11) is 0. The predicted molar refractivity (Wildman–Crippen MR) is 106 cm³/mol. The van der Waals surface area contributed by atoms with E-state index in [0.29, 0.717) is 24.2 Å². The van der Waals surface area contributed by atoms with Crippen molar-refractivity contribution < 1.29 is 19.4 Å². The number of hydrogen-bond acceptors (Lipinski definition) is 5. The van der Waals surface area contributed by atoms with Crippen LogP contribution in [0.4, 0.5) is 4.39 Å². The molecule has 0 radical (unpaired) electrons. The lowest BCUT2D eigenvalue weighted by atomic mass is 9.92. The van der Waals surface area contributed by atoms with Crippen LogP contribution in [0.2, 0.25) is 0 Å². The summed E-state index contributed by atoms with van der Waals surface area (Å²) in [4.78, 5) is 11.3. The number of amides is 1. The largest absolute Gasteiger partial charge is 0.394 e. The van der Waals surface area contributed by atoms with Gasteiger partial charge in [0.1, 0.15) is 11.5 Å². The van der Waals surface area contributed by atoms with Gasteiger partial charge in [-0.2, -0.15) is 0 Å². The summed E-state index contributed by atoms with van der Waals surface area (Å²) in [5.74, 6) is -0.609. The van der Waals surface area contributed by atoms with Crippen LogP contribution in [0.1, 0.15) is 18.9 Å². The maximum Gasteiger partial charge on any atom is 0.217 e.